The minimum Gasteiger partial charge on any atom is -0.336 e. The lowest BCUT2D eigenvalue weighted by molar-refractivity contribution is 0.0649. The highest BCUT2D eigenvalue weighted by molar-refractivity contribution is 5.96. The summed E-state index contributed by atoms with van der Waals surface area (Å²) in [7, 11) is 0. The van der Waals surface area contributed by atoms with Crippen molar-refractivity contribution in [2.75, 3.05) is 39.3 Å². The largest absolute Gasteiger partial charge is 0.336 e. The lowest BCUT2D eigenvalue weighted by Crippen LogP contribution is -2.48. The van der Waals surface area contributed by atoms with Crippen molar-refractivity contribution in [3.8, 4) is 0 Å². The molecule has 3 rings (SSSR count). The molecule has 1 aromatic rings. The summed E-state index contributed by atoms with van der Waals surface area (Å²) in [5.41, 5.74) is 3.43. The zero-order valence-electron chi connectivity index (χ0n) is 12.5. The Morgan fingerprint density at radius 1 is 1.29 bits per heavy atom. The van der Waals surface area contributed by atoms with Crippen molar-refractivity contribution in [3.63, 3.8) is 0 Å². The summed E-state index contributed by atoms with van der Waals surface area (Å²) in [6.45, 7) is 10.0. The molecule has 0 atom stereocenters. The van der Waals surface area contributed by atoms with Gasteiger partial charge in [0.1, 0.15) is 0 Å². The van der Waals surface area contributed by atoms with E-state index in [9.17, 15) is 4.79 Å². The van der Waals surface area contributed by atoms with Crippen LogP contribution in [0.4, 0.5) is 0 Å². The summed E-state index contributed by atoms with van der Waals surface area (Å²) < 4.78 is 0. The molecule has 1 aromatic carbocycles. The van der Waals surface area contributed by atoms with Crippen LogP contribution in [0.3, 0.4) is 0 Å². The highest BCUT2D eigenvalue weighted by atomic mass is 16.2. The van der Waals surface area contributed by atoms with Crippen LogP contribution in [0, 0.1) is 0 Å². The van der Waals surface area contributed by atoms with Crippen LogP contribution >= 0.6 is 0 Å². The molecule has 0 aromatic heterocycles. The van der Waals surface area contributed by atoms with Gasteiger partial charge in [0.05, 0.1) is 0 Å². The first-order chi connectivity index (χ1) is 10.3. The maximum atomic E-state index is 12.8. The van der Waals surface area contributed by atoms with E-state index in [4.69, 9.17) is 0 Å². The first kappa shape index (κ1) is 14.3. The topological polar surface area (TPSA) is 35.6 Å². The van der Waals surface area contributed by atoms with Gasteiger partial charge >= 0.3 is 0 Å². The number of nitrogens with zero attached hydrogens (tertiary/aromatic N) is 2. The molecule has 2 aliphatic heterocycles. The predicted molar refractivity (Wildman–Crippen MR) is 84.4 cm³/mol. The summed E-state index contributed by atoms with van der Waals surface area (Å²) >= 11 is 0. The number of piperazine rings is 1. The number of rotatable bonds is 3. The monoisotopic (exact) mass is 285 g/mol. The second-order valence-corrected chi connectivity index (χ2v) is 5.75. The Hall–Kier alpha value is -1.65. The second kappa shape index (κ2) is 6.41. The molecule has 112 valence electrons. The third-order valence-electron chi connectivity index (χ3n) is 4.42. The normalized spacial score (nSPS) is 19.1. The molecule has 2 heterocycles. The van der Waals surface area contributed by atoms with Crippen molar-refractivity contribution in [1.82, 2.24) is 15.1 Å². The fourth-order valence-corrected chi connectivity index (χ4v) is 3.22. The van der Waals surface area contributed by atoms with Gasteiger partial charge < -0.3 is 10.2 Å². The van der Waals surface area contributed by atoms with Crippen LogP contribution in [0.15, 0.2) is 30.9 Å². The zero-order valence-corrected chi connectivity index (χ0v) is 12.5. The molecule has 2 aliphatic rings. The van der Waals surface area contributed by atoms with Crippen LogP contribution in [0.5, 0.6) is 0 Å². The number of hydrogen-bond donors (Lipinski definition) is 1. The molecular weight excluding hydrogens is 262 g/mol. The van der Waals surface area contributed by atoms with Crippen molar-refractivity contribution >= 4 is 5.91 Å². The maximum absolute atomic E-state index is 12.8. The Bertz CT molecular complexity index is 533. The fourth-order valence-electron chi connectivity index (χ4n) is 3.22. The molecule has 4 heteroatoms. The smallest absolute Gasteiger partial charge is 0.254 e. The van der Waals surface area contributed by atoms with E-state index in [0.29, 0.717) is 0 Å². The van der Waals surface area contributed by atoms with Crippen LogP contribution in [0.2, 0.25) is 0 Å². The van der Waals surface area contributed by atoms with Gasteiger partial charge in [0.2, 0.25) is 0 Å². The number of carbonyl (C=O) groups is 1. The van der Waals surface area contributed by atoms with Crippen LogP contribution in [0.25, 0.3) is 0 Å². The van der Waals surface area contributed by atoms with Crippen LogP contribution in [0.1, 0.15) is 21.5 Å². The molecule has 0 saturated carbocycles. The Morgan fingerprint density at radius 3 is 2.86 bits per heavy atom. The van der Waals surface area contributed by atoms with Gasteiger partial charge in [-0.1, -0.05) is 18.2 Å². The Morgan fingerprint density at radius 2 is 2.10 bits per heavy atom. The number of fused-ring (bicyclic) bond motifs is 1. The SMILES string of the molecule is C=CCN1CCN(C(=O)c2cccc3c2CCNC3)CC1. The maximum Gasteiger partial charge on any atom is 0.254 e. The van der Waals surface area contributed by atoms with Crippen molar-refractivity contribution in [3.05, 3.63) is 47.5 Å². The molecule has 0 bridgehead atoms. The van der Waals surface area contributed by atoms with Gasteiger partial charge in [0.25, 0.3) is 5.91 Å². The average molecular weight is 285 g/mol. The van der Waals surface area contributed by atoms with Crippen molar-refractivity contribution in [2.45, 2.75) is 13.0 Å². The van der Waals surface area contributed by atoms with Crippen molar-refractivity contribution in [1.29, 1.82) is 0 Å². The minimum atomic E-state index is 0.201. The molecule has 1 N–H and O–H groups in total. The number of benzene rings is 1. The number of amides is 1. The zero-order chi connectivity index (χ0) is 14.7. The summed E-state index contributed by atoms with van der Waals surface area (Å²) in [5, 5.41) is 3.37. The summed E-state index contributed by atoms with van der Waals surface area (Å²) in [6, 6.07) is 6.12. The van der Waals surface area contributed by atoms with E-state index >= 15 is 0 Å². The van der Waals surface area contributed by atoms with Crippen LogP contribution in [-0.4, -0.2) is 55.0 Å². The number of nitrogens with one attached hydrogen (secondary N) is 1. The van der Waals surface area contributed by atoms with Gasteiger partial charge in [-0.25, -0.2) is 0 Å². The molecule has 0 aliphatic carbocycles. The van der Waals surface area contributed by atoms with E-state index in [2.05, 4.69) is 22.9 Å². The van der Waals surface area contributed by atoms with E-state index in [0.717, 1.165) is 57.8 Å². The average Bonchev–Trinajstić information content (AvgIpc) is 2.55. The first-order valence-corrected chi connectivity index (χ1v) is 7.73. The molecule has 1 saturated heterocycles. The van der Waals surface area contributed by atoms with Gasteiger partial charge in [-0.15, -0.1) is 6.58 Å². The summed E-state index contributed by atoms with van der Waals surface area (Å²) in [5.74, 6) is 0.201. The highest BCUT2D eigenvalue weighted by Gasteiger charge is 2.24. The van der Waals surface area contributed by atoms with E-state index in [1.807, 2.05) is 23.1 Å². The van der Waals surface area contributed by atoms with Gasteiger partial charge in [-0.2, -0.15) is 0 Å². The van der Waals surface area contributed by atoms with Crippen molar-refractivity contribution in [2.24, 2.45) is 0 Å². The molecule has 1 fully saturated rings. The van der Waals surface area contributed by atoms with E-state index in [1.165, 1.54) is 11.1 Å². The molecular formula is C17H23N3O. The third-order valence-corrected chi connectivity index (χ3v) is 4.42. The summed E-state index contributed by atoms with van der Waals surface area (Å²) in [4.78, 5) is 17.1. The Labute approximate surface area is 126 Å². The van der Waals surface area contributed by atoms with Gasteiger partial charge in [-0.05, 0) is 30.2 Å². The minimum absolute atomic E-state index is 0.201. The lowest BCUT2D eigenvalue weighted by atomic mass is 9.94. The lowest BCUT2D eigenvalue weighted by Gasteiger charge is -2.34. The molecule has 0 spiro atoms. The quantitative estimate of drug-likeness (QED) is 0.850. The molecule has 0 radical (unpaired) electrons. The molecule has 4 nitrogen and oxygen atoms in total. The highest BCUT2D eigenvalue weighted by Crippen LogP contribution is 2.20. The summed E-state index contributed by atoms with van der Waals surface area (Å²) in [6.07, 6.45) is 2.88. The fraction of sp³-hybridized carbons (Fsp3) is 0.471. The van der Waals surface area contributed by atoms with Gasteiger partial charge in [-0.3, -0.25) is 9.69 Å². The molecule has 1 amide bonds. The number of carbonyl (C=O) groups excluding carboxylic acids is 1. The Balaban J connectivity index is 1.73. The Kier molecular flexibility index (Phi) is 4.36. The standard InChI is InChI=1S/C17H23N3O/c1-2-8-19-9-11-20(12-10-19)17(21)16-5-3-4-14-13-18-7-6-15(14)16/h2-5,18H,1,6-13H2. The molecule has 0 unspecified atom stereocenters. The van der Waals surface area contributed by atoms with E-state index in [-0.39, 0.29) is 5.91 Å². The van der Waals surface area contributed by atoms with Crippen LogP contribution < -0.4 is 5.32 Å². The molecule has 21 heavy (non-hydrogen) atoms. The van der Waals surface area contributed by atoms with E-state index < -0.39 is 0 Å². The van der Waals surface area contributed by atoms with E-state index in [1.54, 1.807) is 0 Å². The van der Waals surface area contributed by atoms with Gasteiger partial charge in [0, 0.05) is 44.8 Å². The van der Waals surface area contributed by atoms with Crippen LogP contribution in [-0.2, 0) is 13.0 Å². The predicted octanol–water partition coefficient (Wildman–Crippen LogP) is 1.28. The number of hydrogen-bond acceptors (Lipinski definition) is 3. The van der Waals surface area contributed by atoms with Crippen molar-refractivity contribution < 1.29 is 4.79 Å². The first-order valence-electron chi connectivity index (χ1n) is 7.73. The third kappa shape index (κ3) is 3.01. The van der Waals surface area contributed by atoms with Gasteiger partial charge in [0.15, 0.2) is 0 Å². The second-order valence-electron chi connectivity index (χ2n) is 5.75.